The van der Waals surface area contributed by atoms with E-state index in [0.717, 1.165) is 11.4 Å². The Hall–Kier alpha value is -1.40. The number of fused-ring (bicyclic) bond motifs is 1. The van der Waals surface area contributed by atoms with Gasteiger partial charge in [0.1, 0.15) is 0 Å². The van der Waals surface area contributed by atoms with Gasteiger partial charge in [0.15, 0.2) is 5.82 Å². The van der Waals surface area contributed by atoms with Gasteiger partial charge in [0.2, 0.25) is 0 Å². The summed E-state index contributed by atoms with van der Waals surface area (Å²) in [6, 6.07) is 0. The summed E-state index contributed by atoms with van der Waals surface area (Å²) in [6.07, 6.45) is 0. The third-order valence-electron chi connectivity index (χ3n) is 2.57. The van der Waals surface area contributed by atoms with Crippen LogP contribution in [0, 0.1) is 0 Å². The van der Waals surface area contributed by atoms with E-state index in [0.29, 0.717) is 25.5 Å². The topological polar surface area (TPSA) is 70.4 Å². The number of carbonyl (C=O) groups excluding carboxylic acids is 1. The molecule has 1 aliphatic rings. The minimum absolute atomic E-state index is 0.185. The van der Waals surface area contributed by atoms with Crippen molar-refractivity contribution >= 4 is 5.91 Å². The van der Waals surface area contributed by atoms with Crippen LogP contribution in [0.3, 0.4) is 0 Å². The Balaban J connectivity index is 2.43. The van der Waals surface area contributed by atoms with Gasteiger partial charge in [-0.05, 0) is 6.92 Å². The van der Waals surface area contributed by atoms with Crippen molar-refractivity contribution in [3.05, 3.63) is 17.2 Å². The van der Waals surface area contributed by atoms with E-state index in [4.69, 9.17) is 0 Å². The standard InChI is InChI=1S/C9H14N4O2/c1-3-13-7-5-12(15)4-6(7)11-8(13)9(14)10-2/h15H,3-5H2,1-2H3,(H,10,14). The Morgan fingerprint density at radius 2 is 2.33 bits per heavy atom. The highest BCUT2D eigenvalue weighted by Gasteiger charge is 2.27. The number of rotatable bonds is 2. The smallest absolute Gasteiger partial charge is 0.287 e. The van der Waals surface area contributed by atoms with E-state index < -0.39 is 0 Å². The number of aromatic nitrogens is 2. The first kappa shape index (κ1) is 10.1. The van der Waals surface area contributed by atoms with Gasteiger partial charge in [-0.2, -0.15) is 5.06 Å². The van der Waals surface area contributed by atoms with Crippen LogP contribution in [0.5, 0.6) is 0 Å². The minimum atomic E-state index is -0.185. The van der Waals surface area contributed by atoms with Crippen LogP contribution < -0.4 is 5.32 Å². The fourth-order valence-electron chi connectivity index (χ4n) is 1.87. The monoisotopic (exact) mass is 210 g/mol. The van der Waals surface area contributed by atoms with Crippen molar-refractivity contribution in [2.45, 2.75) is 26.6 Å². The first-order valence-corrected chi connectivity index (χ1v) is 4.91. The lowest BCUT2D eigenvalue weighted by molar-refractivity contribution is -0.0986. The number of carbonyl (C=O) groups is 1. The molecule has 0 fully saturated rings. The summed E-state index contributed by atoms with van der Waals surface area (Å²) in [5, 5.41) is 13.1. The van der Waals surface area contributed by atoms with Crippen molar-refractivity contribution in [3.63, 3.8) is 0 Å². The summed E-state index contributed by atoms with van der Waals surface area (Å²) < 4.78 is 1.84. The molecule has 0 atom stereocenters. The van der Waals surface area contributed by atoms with Crippen LogP contribution in [0.25, 0.3) is 0 Å². The molecule has 1 amide bonds. The van der Waals surface area contributed by atoms with Crippen LogP contribution >= 0.6 is 0 Å². The van der Waals surface area contributed by atoms with Crippen LogP contribution in [0.4, 0.5) is 0 Å². The first-order chi connectivity index (χ1) is 7.17. The van der Waals surface area contributed by atoms with E-state index in [2.05, 4.69) is 10.3 Å². The molecule has 6 nitrogen and oxygen atoms in total. The predicted octanol–water partition coefficient (Wildman–Crippen LogP) is -0.0326. The summed E-state index contributed by atoms with van der Waals surface area (Å²) in [4.78, 5) is 15.7. The molecular weight excluding hydrogens is 196 g/mol. The van der Waals surface area contributed by atoms with Crippen LogP contribution in [0.1, 0.15) is 28.9 Å². The lowest BCUT2D eigenvalue weighted by atomic mass is 10.4. The summed E-state index contributed by atoms with van der Waals surface area (Å²) in [5.74, 6) is 0.244. The van der Waals surface area contributed by atoms with E-state index in [1.807, 2.05) is 11.5 Å². The Kier molecular flexibility index (Phi) is 2.45. The lowest BCUT2D eigenvalue weighted by Gasteiger charge is -2.09. The SMILES string of the molecule is CCn1c(C(=O)NC)nc2c1CN(O)C2. The van der Waals surface area contributed by atoms with Crippen molar-refractivity contribution < 1.29 is 10.0 Å². The first-order valence-electron chi connectivity index (χ1n) is 4.91. The second kappa shape index (κ2) is 3.63. The van der Waals surface area contributed by atoms with Gasteiger partial charge in [0.25, 0.3) is 5.91 Å². The Morgan fingerprint density at radius 1 is 1.60 bits per heavy atom. The maximum atomic E-state index is 11.5. The molecule has 1 aliphatic heterocycles. The molecule has 0 spiro atoms. The number of nitrogens with zero attached hydrogens (tertiary/aromatic N) is 3. The molecule has 2 N–H and O–H groups in total. The highest BCUT2D eigenvalue weighted by Crippen LogP contribution is 2.22. The molecule has 0 bridgehead atoms. The fourth-order valence-corrected chi connectivity index (χ4v) is 1.87. The van der Waals surface area contributed by atoms with Gasteiger partial charge in [-0.1, -0.05) is 0 Å². The maximum absolute atomic E-state index is 11.5. The van der Waals surface area contributed by atoms with Gasteiger partial charge in [-0.3, -0.25) is 4.79 Å². The summed E-state index contributed by atoms with van der Waals surface area (Å²) in [6.45, 7) is 3.47. The molecule has 1 aromatic rings. The molecule has 2 heterocycles. The van der Waals surface area contributed by atoms with Crippen LogP contribution in [-0.2, 0) is 19.6 Å². The Morgan fingerprint density at radius 3 is 2.93 bits per heavy atom. The molecule has 82 valence electrons. The number of amides is 1. The lowest BCUT2D eigenvalue weighted by Crippen LogP contribution is -2.24. The highest BCUT2D eigenvalue weighted by atomic mass is 16.5. The third kappa shape index (κ3) is 1.51. The average Bonchev–Trinajstić information content (AvgIpc) is 2.71. The van der Waals surface area contributed by atoms with E-state index in [-0.39, 0.29) is 5.91 Å². The molecule has 2 rings (SSSR count). The largest absolute Gasteiger partial charge is 0.352 e. The number of hydroxylamine groups is 2. The second-order valence-electron chi connectivity index (χ2n) is 3.47. The molecule has 1 aromatic heterocycles. The van der Waals surface area contributed by atoms with E-state index in [1.54, 1.807) is 7.05 Å². The van der Waals surface area contributed by atoms with Gasteiger partial charge in [-0.15, -0.1) is 0 Å². The van der Waals surface area contributed by atoms with Crippen molar-refractivity contribution in [1.82, 2.24) is 19.9 Å². The summed E-state index contributed by atoms with van der Waals surface area (Å²) in [5.41, 5.74) is 1.72. The van der Waals surface area contributed by atoms with Crippen LogP contribution in [0.2, 0.25) is 0 Å². The molecule has 6 heteroatoms. The maximum Gasteiger partial charge on any atom is 0.287 e. The summed E-state index contributed by atoms with van der Waals surface area (Å²) in [7, 11) is 1.58. The highest BCUT2D eigenvalue weighted by molar-refractivity contribution is 5.90. The molecule has 0 radical (unpaired) electrons. The molecule has 15 heavy (non-hydrogen) atoms. The molecular formula is C9H14N4O2. The van der Waals surface area contributed by atoms with Gasteiger partial charge >= 0.3 is 0 Å². The quantitative estimate of drug-likeness (QED) is 0.719. The normalized spacial score (nSPS) is 15.4. The molecule has 0 aliphatic carbocycles. The second-order valence-corrected chi connectivity index (χ2v) is 3.47. The number of nitrogens with one attached hydrogen (secondary N) is 1. The fraction of sp³-hybridized carbons (Fsp3) is 0.556. The van der Waals surface area contributed by atoms with Crippen molar-refractivity contribution in [1.29, 1.82) is 0 Å². The molecule has 0 saturated carbocycles. The van der Waals surface area contributed by atoms with Gasteiger partial charge in [0, 0.05) is 13.6 Å². The molecule has 0 aromatic carbocycles. The average molecular weight is 210 g/mol. The van der Waals surface area contributed by atoms with Crippen molar-refractivity contribution in [3.8, 4) is 0 Å². The zero-order chi connectivity index (χ0) is 11.0. The molecule has 0 saturated heterocycles. The van der Waals surface area contributed by atoms with Gasteiger partial charge in [-0.25, -0.2) is 4.98 Å². The molecule has 0 unspecified atom stereocenters. The third-order valence-corrected chi connectivity index (χ3v) is 2.57. The van der Waals surface area contributed by atoms with Crippen LogP contribution in [-0.4, -0.2) is 32.8 Å². The number of hydrogen-bond acceptors (Lipinski definition) is 4. The zero-order valence-corrected chi connectivity index (χ0v) is 8.82. The van der Waals surface area contributed by atoms with E-state index >= 15 is 0 Å². The van der Waals surface area contributed by atoms with Crippen LogP contribution in [0.15, 0.2) is 0 Å². The zero-order valence-electron chi connectivity index (χ0n) is 8.82. The Bertz CT molecular complexity index is 399. The number of imidazole rings is 1. The Labute approximate surface area is 87.5 Å². The number of hydrogen-bond donors (Lipinski definition) is 2. The van der Waals surface area contributed by atoms with Crippen molar-refractivity contribution in [2.24, 2.45) is 0 Å². The van der Waals surface area contributed by atoms with Gasteiger partial charge in [0.05, 0.1) is 24.5 Å². The van der Waals surface area contributed by atoms with Crippen molar-refractivity contribution in [2.75, 3.05) is 7.05 Å². The minimum Gasteiger partial charge on any atom is -0.352 e. The van der Waals surface area contributed by atoms with Gasteiger partial charge < -0.3 is 15.1 Å². The summed E-state index contributed by atoms with van der Waals surface area (Å²) >= 11 is 0. The predicted molar refractivity (Wildman–Crippen MR) is 52.3 cm³/mol. The van der Waals surface area contributed by atoms with E-state index in [9.17, 15) is 10.0 Å². The van der Waals surface area contributed by atoms with E-state index in [1.165, 1.54) is 5.06 Å².